The van der Waals surface area contributed by atoms with Crippen LogP contribution in [0.4, 0.5) is 0 Å². The molecule has 190 valence electrons. The maximum atomic E-state index is 12.6. The zero-order chi connectivity index (χ0) is 26.7. The van der Waals surface area contributed by atoms with E-state index in [0.29, 0.717) is 28.3 Å². The van der Waals surface area contributed by atoms with Crippen molar-refractivity contribution >= 4 is 67.0 Å². The van der Waals surface area contributed by atoms with E-state index in [2.05, 4.69) is 9.97 Å². The normalized spacial score (nSPS) is 13.2. The van der Waals surface area contributed by atoms with Crippen LogP contribution in [0.5, 0.6) is 0 Å². The van der Waals surface area contributed by atoms with E-state index < -0.39 is 20.6 Å². The van der Waals surface area contributed by atoms with Gasteiger partial charge in [0.2, 0.25) is 0 Å². The van der Waals surface area contributed by atoms with Gasteiger partial charge >= 0.3 is 20.6 Å². The molecule has 2 aliphatic heterocycles. The van der Waals surface area contributed by atoms with Gasteiger partial charge < -0.3 is 0 Å². The molecule has 38 heavy (non-hydrogen) atoms. The summed E-state index contributed by atoms with van der Waals surface area (Å²) in [6, 6.07) is 19.7. The van der Waals surface area contributed by atoms with Gasteiger partial charge in [-0.15, -0.1) is 0 Å². The van der Waals surface area contributed by atoms with E-state index in [-0.39, 0.29) is 22.1 Å². The molecule has 0 radical (unpaired) electrons. The van der Waals surface area contributed by atoms with Crippen LogP contribution in [-0.4, -0.2) is 43.9 Å². The Bertz CT molecular complexity index is 2070. The molecule has 0 unspecified atom stereocenters. The highest BCUT2D eigenvalue weighted by Gasteiger charge is 2.19. The fourth-order valence-corrected chi connectivity index (χ4v) is 6.04. The highest BCUT2D eigenvalue weighted by Crippen LogP contribution is 2.31. The summed E-state index contributed by atoms with van der Waals surface area (Å²) < 4.78 is 71.4. The smallest absolute Gasteiger partial charge is 0.269 e. The molecule has 0 saturated heterocycles. The standard InChI is InChI=1S/C26H18N4O6S2/c31-37(32,33)29-22-10-11-23(29)13-19-8-9-21(28-19)15-26-25(17-4-2-1-3-5-17)16-24(30(26)38(34,35)36)14-20-7-6-18(12-22)27-20/h1-16H,(H,31,32,33)(H,34,35,36). The summed E-state index contributed by atoms with van der Waals surface area (Å²) in [4.78, 5) is 8.92. The van der Waals surface area contributed by atoms with Gasteiger partial charge in [0, 0.05) is 5.56 Å². The first-order valence-corrected chi connectivity index (χ1v) is 14.0. The molecule has 0 amide bonds. The molecular weight excluding hydrogens is 528 g/mol. The van der Waals surface area contributed by atoms with Crippen molar-refractivity contribution in [1.82, 2.24) is 17.9 Å². The average molecular weight is 547 g/mol. The average Bonchev–Trinajstić information content (AvgIpc) is 3.62. The number of hydrogen-bond donors (Lipinski definition) is 2. The van der Waals surface area contributed by atoms with E-state index in [0.717, 1.165) is 13.5 Å². The van der Waals surface area contributed by atoms with Gasteiger partial charge in [-0.3, -0.25) is 9.11 Å². The van der Waals surface area contributed by atoms with Crippen LogP contribution in [0.1, 0.15) is 22.8 Å². The molecule has 2 N–H and O–H groups in total. The first kappa shape index (κ1) is 24.0. The molecule has 0 atom stereocenters. The van der Waals surface area contributed by atoms with Crippen molar-refractivity contribution < 1.29 is 25.9 Å². The van der Waals surface area contributed by atoms with Crippen LogP contribution in [0.15, 0.2) is 72.8 Å². The van der Waals surface area contributed by atoms with E-state index in [1.807, 2.05) is 30.3 Å². The maximum absolute atomic E-state index is 12.6. The molecule has 8 bridgehead atoms. The zero-order valence-electron chi connectivity index (χ0n) is 19.4. The summed E-state index contributed by atoms with van der Waals surface area (Å²) >= 11 is 0. The SMILES string of the molecule is O=S(=O)(O)n1c2ccc1cc1nc(cc3c(-c4ccccc4)cc(cc4nc(c2)C=C4)n3S(=O)(=O)O)C=C1. The van der Waals surface area contributed by atoms with Crippen molar-refractivity contribution in [3.63, 3.8) is 0 Å². The quantitative estimate of drug-likeness (QED) is 0.307. The van der Waals surface area contributed by atoms with Crippen LogP contribution in [0, 0.1) is 0 Å². The minimum absolute atomic E-state index is 0.149. The Hall–Kier alpha value is -4.36. The summed E-state index contributed by atoms with van der Waals surface area (Å²) in [5.41, 5.74) is 3.34. The molecule has 1 aromatic carbocycles. The minimum Gasteiger partial charge on any atom is -0.269 e. The fraction of sp³-hybridized carbons (Fsp3) is 0. The van der Waals surface area contributed by atoms with Gasteiger partial charge in [-0.1, -0.05) is 30.3 Å². The van der Waals surface area contributed by atoms with Crippen LogP contribution >= 0.6 is 0 Å². The third kappa shape index (κ3) is 4.35. The summed E-state index contributed by atoms with van der Waals surface area (Å²) in [7, 11) is -9.41. The third-order valence-corrected chi connectivity index (χ3v) is 7.75. The number of rotatable bonds is 3. The Morgan fingerprint density at radius 2 is 1.03 bits per heavy atom. The number of hydrogen-bond acceptors (Lipinski definition) is 6. The monoisotopic (exact) mass is 546 g/mol. The Kier molecular flexibility index (Phi) is 5.43. The highest BCUT2D eigenvalue weighted by atomic mass is 32.2. The number of benzene rings is 1. The lowest BCUT2D eigenvalue weighted by Gasteiger charge is -2.03. The van der Waals surface area contributed by atoms with Gasteiger partial charge in [0.05, 0.1) is 44.8 Å². The van der Waals surface area contributed by atoms with Crippen molar-refractivity contribution in [2.24, 2.45) is 0 Å². The van der Waals surface area contributed by atoms with Crippen LogP contribution in [0.3, 0.4) is 0 Å². The Morgan fingerprint density at radius 3 is 1.53 bits per heavy atom. The van der Waals surface area contributed by atoms with E-state index in [1.54, 1.807) is 30.4 Å². The lowest BCUT2D eigenvalue weighted by molar-refractivity contribution is 0.473. The predicted molar refractivity (Wildman–Crippen MR) is 145 cm³/mol. The Balaban J connectivity index is 1.81. The Labute approximate surface area is 217 Å². The molecule has 0 saturated carbocycles. The van der Waals surface area contributed by atoms with Crippen LogP contribution in [0.25, 0.3) is 57.5 Å². The maximum Gasteiger partial charge on any atom is 0.364 e. The fourth-order valence-electron chi connectivity index (χ4n) is 4.51. The third-order valence-electron chi connectivity index (χ3n) is 6.00. The molecule has 6 rings (SSSR count). The lowest BCUT2D eigenvalue weighted by atomic mass is 10.1. The Morgan fingerprint density at radius 1 is 0.553 bits per heavy atom. The van der Waals surface area contributed by atoms with Crippen molar-refractivity contribution in [3.8, 4) is 11.1 Å². The van der Waals surface area contributed by atoms with Gasteiger partial charge in [0.1, 0.15) is 0 Å². The lowest BCUT2D eigenvalue weighted by Crippen LogP contribution is -2.10. The number of aromatic nitrogens is 4. The van der Waals surface area contributed by atoms with Gasteiger partial charge in [-0.05, 0) is 72.3 Å². The highest BCUT2D eigenvalue weighted by molar-refractivity contribution is 7.84. The molecule has 10 nitrogen and oxygen atoms in total. The van der Waals surface area contributed by atoms with Gasteiger partial charge in [-0.25, -0.2) is 17.9 Å². The number of fused-ring (bicyclic) bond motifs is 8. The minimum atomic E-state index is -4.75. The van der Waals surface area contributed by atoms with Gasteiger partial charge in [-0.2, -0.15) is 16.8 Å². The van der Waals surface area contributed by atoms with E-state index in [1.165, 1.54) is 36.4 Å². The molecule has 4 aromatic rings. The van der Waals surface area contributed by atoms with Crippen LogP contribution < -0.4 is 0 Å². The molecule has 0 fully saturated rings. The van der Waals surface area contributed by atoms with E-state index in [9.17, 15) is 25.9 Å². The molecule has 0 aliphatic carbocycles. The van der Waals surface area contributed by atoms with Crippen LogP contribution in [0.2, 0.25) is 0 Å². The van der Waals surface area contributed by atoms with Gasteiger partial charge in [0.15, 0.2) is 0 Å². The second-order valence-electron chi connectivity index (χ2n) is 8.57. The van der Waals surface area contributed by atoms with Crippen molar-refractivity contribution in [3.05, 3.63) is 95.6 Å². The molecule has 3 aromatic heterocycles. The molecule has 2 aliphatic rings. The largest absolute Gasteiger partial charge is 0.364 e. The van der Waals surface area contributed by atoms with E-state index in [4.69, 9.17) is 0 Å². The summed E-state index contributed by atoms with van der Waals surface area (Å²) in [5, 5.41) is 0. The van der Waals surface area contributed by atoms with Gasteiger partial charge in [0.25, 0.3) is 0 Å². The number of nitrogens with zero attached hydrogens (tertiary/aromatic N) is 4. The van der Waals surface area contributed by atoms with Crippen molar-refractivity contribution in [1.29, 1.82) is 0 Å². The second-order valence-corrected chi connectivity index (χ2v) is 11.1. The topological polar surface area (TPSA) is 144 Å². The predicted octanol–water partition coefficient (Wildman–Crippen LogP) is 4.57. The first-order chi connectivity index (χ1) is 18.1. The summed E-state index contributed by atoms with van der Waals surface area (Å²) in [5.74, 6) is 0. The molecule has 12 heteroatoms. The molecule has 0 spiro atoms. The van der Waals surface area contributed by atoms with Crippen LogP contribution in [-0.2, 0) is 20.6 Å². The first-order valence-electron chi connectivity index (χ1n) is 11.2. The second kappa shape index (κ2) is 8.60. The summed E-state index contributed by atoms with van der Waals surface area (Å²) in [6.45, 7) is 0. The van der Waals surface area contributed by atoms with Crippen molar-refractivity contribution in [2.45, 2.75) is 0 Å². The summed E-state index contributed by atoms with van der Waals surface area (Å²) in [6.07, 6.45) is 6.48. The zero-order valence-corrected chi connectivity index (χ0v) is 21.0. The van der Waals surface area contributed by atoms with Crippen molar-refractivity contribution in [2.75, 3.05) is 0 Å². The van der Waals surface area contributed by atoms with E-state index >= 15 is 0 Å². The molecular formula is C26H18N4O6S2. The molecule has 5 heterocycles.